The van der Waals surface area contributed by atoms with E-state index in [0.29, 0.717) is 46.8 Å². The van der Waals surface area contributed by atoms with Crippen molar-refractivity contribution in [3.05, 3.63) is 59.5 Å². The van der Waals surface area contributed by atoms with E-state index < -0.39 is 0 Å². The minimum absolute atomic E-state index is 0.0683. The Kier molecular flexibility index (Phi) is 6.15. The average molecular weight is 476 g/mol. The van der Waals surface area contributed by atoms with Gasteiger partial charge in [0, 0.05) is 54.6 Å². The molecule has 3 heterocycles. The number of H-pyrrole nitrogens is 1. The topological polar surface area (TPSA) is 88.6 Å². The lowest BCUT2D eigenvalue weighted by Crippen LogP contribution is -2.53. The Balaban J connectivity index is 1.44. The quantitative estimate of drug-likeness (QED) is 0.606. The van der Waals surface area contributed by atoms with Crippen LogP contribution in [-0.2, 0) is 6.42 Å². The molecule has 1 aromatic heterocycles. The van der Waals surface area contributed by atoms with Gasteiger partial charge in [-0.3, -0.25) is 15.4 Å². The molecule has 0 unspecified atom stereocenters. The number of carbonyl (C=O) groups is 1. The van der Waals surface area contributed by atoms with Crippen LogP contribution in [0.1, 0.15) is 29.8 Å². The molecule has 0 saturated carbocycles. The van der Waals surface area contributed by atoms with E-state index in [1.54, 1.807) is 24.4 Å². The Hall–Kier alpha value is -3.52. The van der Waals surface area contributed by atoms with E-state index in [1.165, 1.54) is 0 Å². The van der Waals surface area contributed by atoms with Gasteiger partial charge in [0.1, 0.15) is 17.7 Å². The fraction of sp³-hybridized carbons (Fsp3) is 0.370. The third kappa shape index (κ3) is 4.46. The molecule has 35 heavy (non-hydrogen) atoms. The number of nitrogen functional groups attached to an aromatic ring is 1. The van der Waals surface area contributed by atoms with E-state index in [-0.39, 0.29) is 11.7 Å². The molecule has 3 aromatic rings. The Morgan fingerprint density at radius 1 is 1.17 bits per heavy atom. The van der Waals surface area contributed by atoms with Crippen LogP contribution < -0.4 is 20.9 Å². The van der Waals surface area contributed by atoms with E-state index in [1.807, 2.05) is 18.2 Å². The molecule has 0 spiro atoms. The smallest absolute Gasteiger partial charge is 0.297 e. The van der Waals surface area contributed by atoms with Crippen LogP contribution in [0.15, 0.2) is 42.6 Å². The van der Waals surface area contributed by atoms with Crippen molar-refractivity contribution in [3.8, 4) is 22.5 Å². The lowest BCUT2D eigenvalue weighted by Gasteiger charge is -2.42. The number of aromatic nitrogens is 2. The number of hydrogen-bond acceptors (Lipinski definition) is 5. The Morgan fingerprint density at radius 2 is 1.97 bits per heavy atom. The van der Waals surface area contributed by atoms with Crippen LogP contribution in [0.25, 0.3) is 22.5 Å². The summed E-state index contributed by atoms with van der Waals surface area (Å²) in [5, 5.41) is 2.85. The molecular weight excluding hydrogens is 443 g/mol. The number of rotatable bonds is 4. The number of piperazine rings is 1. The fourth-order valence-corrected chi connectivity index (χ4v) is 5.12. The Morgan fingerprint density at radius 3 is 2.74 bits per heavy atom. The van der Waals surface area contributed by atoms with Gasteiger partial charge in [0.2, 0.25) is 0 Å². The van der Waals surface area contributed by atoms with E-state index in [2.05, 4.69) is 41.0 Å². The van der Waals surface area contributed by atoms with E-state index in [9.17, 15) is 4.79 Å². The molecule has 1 saturated heterocycles. The number of halogens is 1. The molecule has 0 bridgehead atoms. The highest BCUT2D eigenvalue weighted by molar-refractivity contribution is 5.97. The second kappa shape index (κ2) is 9.26. The molecule has 1 fully saturated rings. The van der Waals surface area contributed by atoms with Crippen LogP contribution in [0.4, 0.5) is 15.9 Å². The number of hydrogen-bond donors (Lipinski definition) is 2. The molecule has 2 aliphatic heterocycles. The summed E-state index contributed by atoms with van der Waals surface area (Å²) in [5.41, 5.74) is 11.0. The van der Waals surface area contributed by atoms with Gasteiger partial charge in [0.05, 0.1) is 0 Å². The van der Waals surface area contributed by atoms with Gasteiger partial charge in [-0.2, -0.15) is 0 Å². The van der Waals surface area contributed by atoms with E-state index in [0.717, 1.165) is 42.9 Å². The standard InChI is InChI=1S/C27H31FN6O/c1-16(2)24-15-34(11-10-33(24)3)19-5-7-21(22(28)13-19)23-14-31-26(29)25(32-23)18-4-6-20-17(12-18)8-9-30-27(20)35/h4-7,12-14,16,24H,8-11,15H2,1-3H3,(H2,29,31)(H,30,35)/p+1/t24-/m1/s1. The number of carbonyl (C=O) groups excluding carboxylic acids is 1. The highest BCUT2D eigenvalue weighted by Gasteiger charge is 2.27. The van der Waals surface area contributed by atoms with Gasteiger partial charge < -0.3 is 10.2 Å². The molecular formula is C27H32FN6O+. The molecule has 8 heteroatoms. The Bertz CT molecular complexity index is 1280. The number of aromatic amines is 1. The number of amides is 1. The summed E-state index contributed by atoms with van der Waals surface area (Å²) in [6.45, 7) is 7.76. The van der Waals surface area contributed by atoms with Gasteiger partial charge in [0.25, 0.3) is 11.7 Å². The summed E-state index contributed by atoms with van der Waals surface area (Å²) in [5.74, 6) is 0.531. The maximum atomic E-state index is 15.4. The second-order valence-corrected chi connectivity index (χ2v) is 9.83. The maximum Gasteiger partial charge on any atom is 0.297 e. The molecule has 1 atom stereocenters. The average Bonchev–Trinajstić information content (AvgIpc) is 2.84. The number of likely N-dealkylation sites (N-methyl/N-ethyl adjacent to an activating group) is 1. The van der Waals surface area contributed by atoms with Crippen LogP contribution >= 0.6 is 0 Å². The molecule has 182 valence electrons. The summed E-state index contributed by atoms with van der Waals surface area (Å²) >= 11 is 0. The van der Waals surface area contributed by atoms with Crippen molar-refractivity contribution >= 4 is 17.4 Å². The van der Waals surface area contributed by atoms with Crippen molar-refractivity contribution in [2.24, 2.45) is 5.92 Å². The molecule has 0 radical (unpaired) electrons. The van der Waals surface area contributed by atoms with Crippen LogP contribution in [0.5, 0.6) is 0 Å². The predicted octanol–water partition coefficient (Wildman–Crippen LogP) is 3.01. The number of benzene rings is 2. The van der Waals surface area contributed by atoms with Crippen LogP contribution in [-0.4, -0.2) is 55.1 Å². The number of fused-ring (bicyclic) bond motifs is 1. The fourth-order valence-electron chi connectivity index (χ4n) is 5.12. The highest BCUT2D eigenvalue weighted by atomic mass is 19.1. The Labute approximate surface area is 205 Å². The van der Waals surface area contributed by atoms with Gasteiger partial charge >= 0.3 is 0 Å². The summed E-state index contributed by atoms with van der Waals surface area (Å²) in [7, 11) is 2.16. The van der Waals surface area contributed by atoms with Gasteiger partial charge in [-0.15, -0.1) is 0 Å². The van der Waals surface area contributed by atoms with Crippen molar-refractivity contribution in [2.45, 2.75) is 26.3 Å². The zero-order valence-corrected chi connectivity index (χ0v) is 20.4. The summed E-state index contributed by atoms with van der Waals surface area (Å²) in [6, 6.07) is 11.4. The zero-order valence-electron chi connectivity index (χ0n) is 20.4. The normalized spacial score (nSPS) is 18.5. The van der Waals surface area contributed by atoms with E-state index in [4.69, 9.17) is 10.7 Å². The molecule has 4 N–H and O–H groups in total. The van der Waals surface area contributed by atoms with Crippen LogP contribution in [0.2, 0.25) is 0 Å². The summed E-state index contributed by atoms with van der Waals surface area (Å²) in [4.78, 5) is 24.5. The lowest BCUT2D eigenvalue weighted by molar-refractivity contribution is -0.359. The first kappa shape index (κ1) is 23.2. The third-order valence-electron chi connectivity index (χ3n) is 7.21. The number of nitrogens with two attached hydrogens (primary N) is 1. The first-order valence-corrected chi connectivity index (χ1v) is 12.2. The molecule has 2 aromatic carbocycles. The van der Waals surface area contributed by atoms with Crippen LogP contribution in [0, 0.1) is 11.7 Å². The minimum Gasteiger partial charge on any atom is -0.369 e. The molecule has 5 rings (SSSR count). The van der Waals surface area contributed by atoms with Crippen molar-refractivity contribution in [3.63, 3.8) is 0 Å². The van der Waals surface area contributed by atoms with Gasteiger partial charge in [-0.05, 0) is 55.3 Å². The summed E-state index contributed by atoms with van der Waals surface area (Å²) < 4.78 is 15.4. The van der Waals surface area contributed by atoms with Gasteiger partial charge in [-0.25, -0.2) is 14.4 Å². The summed E-state index contributed by atoms with van der Waals surface area (Å²) in [6.07, 6.45) is 2.38. The second-order valence-electron chi connectivity index (χ2n) is 9.83. The van der Waals surface area contributed by atoms with Gasteiger partial charge in [-0.1, -0.05) is 19.9 Å². The number of nitrogens with zero attached hydrogens (tertiary/aromatic N) is 3. The number of anilines is 2. The maximum absolute atomic E-state index is 15.4. The molecule has 7 nitrogen and oxygen atoms in total. The minimum atomic E-state index is -0.318. The van der Waals surface area contributed by atoms with Crippen molar-refractivity contribution < 1.29 is 14.2 Å². The lowest BCUT2D eigenvalue weighted by atomic mass is 9.96. The van der Waals surface area contributed by atoms with Crippen molar-refractivity contribution in [1.82, 2.24) is 15.2 Å². The number of nitrogens with one attached hydrogen (secondary N) is 2. The van der Waals surface area contributed by atoms with Gasteiger partial charge in [0.15, 0.2) is 5.69 Å². The first-order valence-electron chi connectivity index (χ1n) is 12.2. The zero-order chi connectivity index (χ0) is 24.7. The third-order valence-corrected chi connectivity index (χ3v) is 7.21. The SMILES string of the molecule is CC(C)[C@H]1CN(c2ccc(-c3c[nH+]c(N)c(-c4ccc5c(c4)CCNC5=O)n3)c(F)c2)CCN1C. The largest absolute Gasteiger partial charge is 0.369 e. The highest BCUT2D eigenvalue weighted by Crippen LogP contribution is 2.31. The molecule has 1 amide bonds. The first-order chi connectivity index (χ1) is 16.8. The molecule has 2 aliphatic rings. The predicted molar refractivity (Wildman–Crippen MR) is 136 cm³/mol. The van der Waals surface area contributed by atoms with Crippen molar-refractivity contribution in [1.29, 1.82) is 0 Å². The van der Waals surface area contributed by atoms with Crippen LogP contribution in [0.3, 0.4) is 0 Å². The molecule has 0 aliphatic carbocycles. The van der Waals surface area contributed by atoms with Crippen molar-refractivity contribution in [2.75, 3.05) is 43.9 Å². The monoisotopic (exact) mass is 475 g/mol. The van der Waals surface area contributed by atoms with E-state index >= 15 is 4.39 Å².